The molecule has 0 aliphatic rings. The van der Waals surface area contributed by atoms with Gasteiger partial charge in [-0.05, 0) is 0 Å². The molecular weight excluding hydrogens is 210 g/mol. The molecular formula is C10H15N3O3. The molecule has 0 aromatic carbocycles. The molecule has 0 saturated heterocycles. The van der Waals surface area contributed by atoms with Crippen LogP contribution < -0.4 is 5.32 Å². The Hall–Kier alpha value is -1.85. The van der Waals surface area contributed by atoms with Crippen LogP contribution in [0.2, 0.25) is 0 Å². The first kappa shape index (κ1) is 12.2. The van der Waals surface area contributed by atoms with Crippen molar-refractivity contribution in [3.05, 3.63) is 12.4 Å². The summed E-state index contributed by atoms with van der Waals surface area (Å²) in [4.78, 5) is 22.0. The normalized spacial score (nSPS) is 11.2. The van der Waals surface area contributed by atoms with Crippen molar-refractivity contribution in [1.29, 1.82) is 0 Å². The molecule has 0 fully saturated rings. The van der Waals surface area contributed by atoms with Gasteiger partial charge in [0, 0.05) is 11.6 Å². The van der Waals surface area contributed by atoms with Gasteiger partial charge in [0.1, 0.15) is 6.54 Å². The van der Waals surface area contributed by atoms with Gasteiger partial charge in [-0.25, -0.2) is 0 Å². The van der Waals surface area contributed by atoms with Crippen molar-refractivity contribution < 1.29 is 14.7 Å². The molecule has 0 radical (unpaired) electrons. The van der Waals surface area contributed by atoms with Crippen molar-refractivity contribution >= 4 is 17.6 Å². The third-order valence-electron chi connectivity index (χ3n) is 1.87. The number of carbonyl (C=O) groups is 2. The van der Waals surface area contributed by atoms with Gasteiger partial charge < -0.3 is 10.4 Å². The molecule has 16 heavy (non-hydrogen) atoms. The van der Waals surface area contributed by atoms with Gasteiger partial charge in [0.15, 0.2) is 0 Å². The molecule has 1 amide bonds. The number of nitrogens with zero attached hydrogens (tertiary/aromatic N) is 2. The van der Waals surface area contributed by atoms with Gasteiger partial charge in [-0.2, -0.15) is 5.10 Å². The Morgan fingerprint density at radius 3 is 2.62 bits per heavy atom. The molecule has 0 aliphatic heterocycles. The SMILES string of the molecule is CC(C)(C)C(=O)Nc1cnn(CC(=O)O)c1. The number of aromatic nitrogens is 2. The van der Waals surface area contributed by atoms with Crippen LogP contribution in [0.3, 0.4) is 0 Å². The van der Waals surface area contributed by atoms with Gasteiger partial charge in [0.2, 0.25) is 5.91 Å². The van der Waals surface area contributed by atoms with Crippen LogP contribution in [0.5, 0.6) is 0 Å². The van der Waals surface area contributed by atoms with Gasteiger partial charge in [-0.15, -0.1) is 0 Å². The van der Waals surface area contributed by atoms with Crippen LogP contribution in [-0.2, 0) is 16.1 Å². The van der Waals surface area contributed by atoms with Crippen LogP contribution in [0.4, 0.5) is 5.69 Å². The molecule has 2 N–H and O–H groups in total. The Morgan fingerprint density at radius 2 is 2.12 bits per heavy atom. The summed E-state index contributed by atoms with van der Waals surface area (Å²) in [5, 5.41) is 15.0. The summed E-state index contributed by atoms with van der Waals surface area (Å²) < 4.78 is 1.25. The summed E-state index contributed by atoms with van der Waals surface area (Å²) in [5.41, 5.74) is 0.00992. The Bertz CT molecular complexity index is 404. The highest BCUT2D eigenvalue weighted by Gasteiger charge is 2.21. The highest BCUT2D eigenvalue weighted by Crippen LogP contribution is 2.16. The summed E-state index contributed by atoms with van der Waals surface area (Å²) >= 11 is 0. The monoisotopic (exact) mass is 225 g/mol. The fourth-order valence-corrected chi connectivity index (χ4v) is 0.972. The first-order valence-electron chi connectivity index (χ1n) is 4.85. The van der Waals surface area contributed by atoms with Crippen molar-refractivity contribution in [2.75, 3.05) is 5.32 Å². The molecule has 0 aliphatic carbocycles. The Balaban J connectivity index is 2.66. The van der Waals surface area contributed by atoms with Crippen LogP contribution >= 0.6 is 0 Å². The standard InChI is InChI=1S/C10H15N3O3/c1-10(2,3)9(16)12-7-4-11-13(5-7)6-8(14)15/h4-5H,6H2,1-3H3,(H,12,16)(H,14,15). The number of hydrogen-bond donors (Lipinski definition) is 2. The second-order valence-corrected chi connectivity index (χ2v) is 4.52. The summed E-state index contributed by atoms with van der Waals surface area (Å²) in [7, 11) is 0. The zero-order valence-corrected chi connectivity index (χ0v) is 9.52. The molecule has 1 aromatic heterocycles. The summed E-state index contributed by atoms with van der Waals surface area (Å²) in [6, 6.07) is 0. The molecule has 1 rings (SSSR count). The van der Waals surface area contributed by atoms with E-state index in [1.807, 2.05) is 0 Å². The maximum Gasteiger partial charge on any atom is 0.325 e. The van der Waals surface area contributed by atoms with E-state index in [1.54, 1.807) is 20.8 Å². The second-order valence-electron chi connectivity index (χ2n) is 4.52. The van der Waals surface area contributed by atoms with E-state index in [4.69, 9.17) is 5.11 Å². The zero-order valence-electron chi connectivity index (χ0n) is 9.52. The number of carbonyl (C=O) groups excluding carboxylic acids is 1. The van der Waals surface area contributed by atoms with E-state index >= 15 is 0 Å². The lowest BCUT2D eigenvalue weighted by Gasteiger charge is -2.16. The smallest absolute Gasteiger partial charge is 0.325 e. The fraction of sp³-hybridized carbons (Fsp3) is 0.500. The Kier molecular flexibility index (Phi) is 3.31. The molecule has 6 heteroatoms. The van der Waals surface area contributed by atoms with Crippen LogP contribution in [0, 0.1) is 5.41 Å². The molecule has 1 aromatic rings. The predicted octanol–water partition coefficient (Wildman–Crippen LogP) is 0.952. The third-order valence-corrected chi connectivity index (χ3v) is 1.87. The van der Waals surface area contributed by atoms with Crippen LogP contribution in [0.1, 0.15) is 20.8 Å². The van der Waals surface area contributed by atoms with Gasteiger partial charge in [0.25, 0.3) is 0 Å². The minimum atomic E-state index is -0.975. The number of nitrogens with one attached hydrogen (secondary N) is 1. The highest BCUT2D eigenvalue weighted by atomic mass is 16.4. The summed E-state index contributed by atoms with van der Waals surface area (Å²) in [6.45, 7) is 5.17. The lowest BCUT2D eigenvalue weighted by atomic mass is 9.96. The van der Waals surface area contributed by atoms with Gasteiger partial charge in [0.05, 0.1) is 11.9 Å². The third kappa shape index (κ3) is 3.38. The topological polar surface area (TPSA) is 84.2 Å². The van der Waals surface area contributed by atoms with Crippen LogP contribution in [0.15, 0.2) is 12.4 Å². The highest BCUT2D eigenvalue weighted by molar-refractivity contribution is 5.94. The molecule has 88 valence electrons. The minimum Gasteiger partial charge on any atom is -0.480 e. The molecule has 0 saturated carbocycles. The molecule has 6 nitrogen and oxygen atoms in total. The number of rotatable bonds is 3. The quantitative estimate of drug-likeness (QED) is 0.802. The number of carboxylic acid groups (broad SMARTS) is 1. The Morgan fingerprint density at radius 1 is 1.50 bits per heavy atom. The van der Waals surface area contributed by atoms with Crippen molar-refractivity contribution in [3.63, 3.8) is 0 Å². The molecule has 0 atom stereocenters. The minimum absolute atomic E-state index is 0.137. The predicted molar refractivity (Wildman–Crippen MR) is 57.9 cm³/mol. The first-order valence-corrected chi connectivity index (χ1v) is 4.85. The van der Waals surface area contributed by atoms with Gasteiger partial charge >= 0.3 is 5.97 Å². The van der Waals surface area contributed by atoms with Crippen LogP contribution in [-0.4, -0.2) is 26.8 Å². The van der Waals surface area contributed by atoms with Crippen molar-refractivity contribution in [2.45, 2.75) is 27.3 Å². The average molecular weight is 225 g/mol. The Labute approximate surface area is 93.3 Å². The van der Waals surface area contributed by atoms with Crippen molar-refractivity contribution in [3.8, 4) is 0 Å². The summed E-state index contributed by atoms with van der Waals surface area (Å²) in [6.07, 6.45) is 2.91. The number of carboxylic acids is 1. The number of amides is 1. The average Bonchev–Trinajstić information content (AvgIpc) is 2.49. The maximum absolute atomic E-state index is 11.6. The maximum atomic E-state index is 11.6. The van der Waals surface area contributed by atoms with E-state index < -0.39 is 11.4 Å². The van der Waals surface area contributed by atoms with Crippen LogP contribution in [0.25, 0.3) is 0 Å². The van der Waals surface area contributed by atoms with Gasteiger partial charge in [-0.1, -0.05) is 20.8 Å². The largest absolute Gasteiger partial charge is 0.480 e. The lowest BCUT2D eigenvalue weighted by molar-refractivity contribution is -0.137. The number of aliphatic carboxylic acids is 1. The molecule has 0 unspecified atom stereocenters. The molecule has 0 bridgehead atoms. The fourth-order valence-electron chi connectivity index (χ4n) is 0.972. The lowest BCUT2D eigenvalue weighted by Crippen LogP contribution is -2.27. The van der Waals surface area contributed by atoms with E-state index in [9.17, 15) is 9.59 Å². The van der Waals surface area contributed by atoms with E-state index in [-0.39, 0.29) is 12.5 Å². The van der Waals surface area contributed by atoms with E-state index in [0.29, 0.717) is 5.69 Å². The van der Waals surface area contributed by atoms with Crippen molar-refractivity contribution in [2.24, 2.45) is 5.41 Å². The summed E-state index contributed by atoms with van der Waals surface area (Å²) in [5.74, 6) is -1.11. The van der Waals surface area contributed by atoms with E-state index in [2.05, 4.69) is 10.4 Å². The molecule has 0 spiro atoms. The molecule has 1 heterocycles. The first-order chi connectivity index (χ1) is 7.29. The number of hydrogen-bond acceptors (Lipinski definition) is 3. The zero-order chi connectivity index (χ0) is 12.3. The van der Waals surface area contributed by atoms with Gasteiger partial charge in [-0.3, -0.25) is 14.3 Å². The van der Waals surface area contributed by atoms with Crippen molar-refractivity contribution in [1.82, 2.24) is 9.78 Å². The van der Waals surface area contributed by atoms with E-state index in [0.717, 1.165) is 0 Å². The van der Waals surface area contributed by atoms with E-state index in [1.165, 1.54) is 17.1 Å². The number of anilines is 1. The second kappa shape index (κ2) is 4.34.